The van der Waals surface area contributed by atoms with Crippen molar-refractivity contribution in [2.45, 2.75) is 25.8 Å². The number of hydrogen-bond donors (Lipinski definition) is 1. The minimum atomic E-state index is -2.87. The molecule has 0 aromatic carbocycles. The van der Waals surface area contributed by atoms with E-state index in [0.717, 1.165) is 6.42 Å². The lowest BCUT2D eigenvalue weighted by atomic mass is 10.2. The lowest BCUT2D eigenvalue weighted by Gasteiger charge is -2.22. The molecule has 0 bridgehead atoms. The van der Waals surface area contributed by atoms with Crippen LogP contribution in [0.15, 0.2) is 12.2 Å². The summed E-state index contributed by atoms with van der Waals surface area (Å²) in [6, 6.07) is 0.000551. The summed E-state index contributed by atoms with van der Waals surface area (Å²) in [5.74, 6) is 0.120. The molecule has 1 atom stereocenters. The molecule has 0 saturated carbocycles. The maximum Gasteiger partial charge on any atom is 0.330 e. The highest BCUT2D eigenvalue weighted by Gasteiger charge is 2.23. The Morgan fingerprint density at radius 3 is 2.94 bits per heavy atom. The standard InChI is InChI=1S/C11H19NO4S/c1-2-16-11(13)6-3-7-12-10-5-4-8-17(14,15)9-10/h3,6,10,12H,2,4-5,7-9H2,1H3/b6-3+. The fraction of sp³-hybridized carbons (Fsp3) is 0.727. The Morgan fingerprint density at radius 2 is 2.29 bits per heavy atom. The van der Waals surface area contributed by atoms with Crippen molar-refractivity contribution in [2.75, 3.05) is 24.7 Å². The number of sulfone groups is 1. The van der Waals surface area contributed by atoms with Crippen LogP contribution in [-0.2, 0) is 19.4 Å². The van der Waals surface area contributed by atoms with E-state index in [1.54, 1.807) is 13.0 Å². The topological polar surface area (TPSA) is 72.5 Å². The minimum absolute atomic E-state index is 0.000551. The molecule has 1 aliphatic heterocycles. The van der Waals surface area contributed by atoms with Gasteiger partial charge in [0.1, 0.15) is 0 Å². The minimum Gasteiger partial charge on any atom is -0.463 e. The van der Waals surface area contributed by atoms with Gasteiger partial charge in [-0.15, -0.1) is 0 Å². The summed E-state index contributed by atoms with van der Waals surface area (Å²) in [6.07, 6.45) is 4.58. The first kappa shape index (κ1) is 14.2. The molecule has 1 heterocycles. The second kappa shape index (κ2) is 6.76. The number of rotatable bonds is 5. The van der Waals surface area contributed by atoms with Crippen LogP contribution in [0.3, 0.4) is 0 Å². The van der Waals surface area contributed by atoms with Crippen molar-refractivity contribution in [3.8, 4) is 0 Å². The van der Waals surface area contributed by atoms with Gasteiger partial charge in [0, 0.05) is 18.7 Å². The molecule has 1 aliphatic rings. The van der Waals surface area contributed by atoms with Gasteiger partial charge in [0.05, 0.1) is 18.1 Å². The van der Waals surface area contributed by atoms with Gasteiger partial charge < -0.3 is 10.1 Å². The van der Waals surface area contributed by atoms with Crippen molar-refractivity contribution < 1.29 is 17.9 Å². The van der Waals surface area contributed by atoms with Crippen LogP contribution in [0.4, 0.5) is 0 Å². The Labute approximate surface area is 102 Å². The van der Waals surface area contributed by atoms with Gasteiger partial charge in [-0.05, 0) is 19.8 Å². The Hall–Kier alpha value is -0.880. The first-order valence-electron chi connectivity index (χ1n) is 5.80. The monoisotopic (exact) mass is 261 g/mol. The number of ether oxygens (including phenoxy) is 1. The van der Waals surface area contributed by atoms with E-state index in [9.17, 15) is 13.2 Å². The van der Waals surface area contributed by atoms with Crippen LogP contribution in [0.25, 0.3) is 0 Å². The van der Waals surface area contributed by atoms with Crippen molar-refractivity contribution in [1.29, 1.82) is 0 Å². The van der Waals surface area contributed by atoms with Crippen molar-refractivity contribution >= 4 is 15.8 Å². The molecule has 17 heavy (non-hydrogen) atoms. The van der Waals surface area contributed by atoms with Gasteiger partial charge in [-0.2, -0.15) is 0 Å². The first-order chi connectivity index (χ1) is 8.03. The maximum atomic E-state index is 11.4. The third-order valence-electron chi connectivity index (χ3n) is 2.53. The highest BCUT2D eigenvalue weighted by Crippen LogP contribution is 2.11. The molecule has 1 rings (SSSR count). The van der Waals surface area contributed by atoms with Crippen LogP contribution < -0.4 is 5.32 Å². The highest BCUT2D eigenvalue weighted by atomic mass is 32.2. The van der Waals surface area contributed by atoms with Crippen LogP contribution in [0, 0.1) is 0 Å². The number of esters is 1. The number of carbonyl (C=O) groups is 1. The zero-order valence-corrected chi connectivity index (χ0v) is 10.8. The predicted octanol–water partition coefficient (Wildman–Crippen LogP) is 0.272. The zero-order chi connectivity index (χ0) is 12.7. The summed E-state index contributed by atoms with van der Waals surface area (Å²) < 4.78 is 27.4. The lowest BCUT2D eigenvalue weighted by molar-refractivity contribution is -0.137. The lowest BCUT2D eigenvalue weighted by Crippen LogP contribution is -2.40. The number of hydrogen-bond acceptors (Lipinski definition) is 5. The van der Waals surface area contributed by atoms with Gasteiger partial charge in [0.2, 0.25) is 0 Å². The van der Waals surface area contributed by atoms with E-state index in [1.807, 2.05) is 0 Å². The summed E-state index contributed by atoms with van der Waals surface area (Å²) in [4.78, 5) is 11.0. The molecule has 0 aliphatic carbocycles. The average molecular weight is 261 g/mol. The van der Waals surface area contributed by atoms with E-state index in [2.05, 4.69) is 5.32 Å². The first-order valence-corrected chi connectivity index (χ1v) is 7.63. The predicted molar refractivity (Wildman–Crippen MR) is 65.5 cm³/mol. The maximum absolute atomic E-state index is 11.4. The molecule has 6 heteroatoms. The molecule has 0 amide bonds. The van der Waals surface area contributed by atoms with Crippen molar-refractivity contribution in [3.63, 3.8) is 0 Å². The average Bonchev–Trinajstić information content (AvgIpc) is 2.23. The van der Waals surface area contributed by atoms with Crippen LogP contribution in [0.5, 0.6) is 0 Å². The van der Waals surface area contributed by atoms with E-state index in [0.29, 0.717) is 25.3 Å². The third-order valence-corrected chi connectivity index (χ3v) is 4.35. The molecule has 0 radical (unpaired) electrons. The van der Waals surface area contributed by atoms with E-state index in [4.69, 9.17) is 4.74 Å². The number of carbonyl (C=O) groups excluding carboxylic acids is 1. The normalized spacial score (nSPS) is 23.7. The molecule has 1 unspecified atom stereocenters. The van der Waals surface area contributed by atoms with Gasteiger partial charge in [0.15, 0.2) is 9.84 Å². The SMILES string of the molecule is CCOC(=O)/C=C/CNC1CCCS(=O)(=O)C1. The van der Waals surface area contributed by atoms with Gasteiger partial charge >= 0.3 is 5.97 Å². The quantitative estimate of drug-likeness (QED) is 0.568. The number of nitrogens with one attached hydrogen (secondary N) is 1. The molecule has 0 aromatic rings. The van der Waals surface area contributed by atoms with Gasteiger partial charge in [0.25, 0.3) is 0 Å². The summed E-state index contributed by atoms with van der Waals surface area (Å²) in [7, 11) is -2.87. The zero-order valence-electron chi connectivity index (χ0n) is 10.0. The van der Waals surface area contributed by atoms with Crippen molar-refractivity contribution in [1.82, 2.24) is 5.32 Å². The summed E-state index contributed by atoms with van der Waals surface area (Å²) in [5, 5.41) is 3.10. The highest BCUT2D eigenvalue weighted by molar-refractivity contribution is 7.91. The molecule has 98 valence electrons. The molecule has 0 aromatic heterocycles. The van der Waals surface area contributed by atoms with Crippen LogP contribution in [-0.4, -0.2) is 45.1 Å². The summed E-state index contributed by atoms with van der Waals surface area (Å²) in [6.45, 7) is 2.59. The Morgan fingerprint density at radius 1 is 1.53 bits per heavy atom. The van der Waals surface area contributed by atoms with Crippen LogP contribution in [0.1, 0.15) is 19.8 Å². The van der Waals surface area contributed by atoms with E-state index in [-0.39, 0.29) is 17.8 Å². The van der Waals surface area contributed by atoms with Gasteiger partial charge in [-0.25, -0.2) is 13.2 Å². The largest absolute Gasteiger partial charge is 0.463 e. The third kappa shape index (κ3) is 5.83. The van der Waals surface area contributed by atoms with E-state index < -0.39 is 9.84 Å². The summed E-state index contributed by atoms with van der Waals surface area (Å²) in [5.41, 5.74) is 0. The fourth-order valence-electron chi connectivity index (χ4n) is 1.76. The molecule has 1 saturated heterocycles. The Kier molecular flexibility index (Phi) is 5.64. The molecule has 0 spiro atoms. The Bertz CT molecular complexity index is 375. The summed E-state index contributed by atoms with van der Waals surface area (Å²) >= 11 is 0. The second-order valence-corrected chi connectivity index (χ2v) is 6.24. The second-order valence-electron chi connectivity index (χ2n) is 4.02. The smallest absolute Gasteiger partial charge is 0.330 e. The molecule has 1 N–H and O–H groups in total. The molecule has 5 nitrogen and oxygen atoms in total. The van der Waals surface area contributed by atoms with Crippen molar-refractivity contribution in [2.24, 2.45) is 0 Å². The van der Waals surface area contributed by atoms with Gasteiger partial charge in [-0.3, -0.25) is 0 Å². The van der Waals surface area contributed by atoms with Crippen molar-refractivity contribution in [3.05, 3.63) is 12.2 Å². The van der Waals surface area contributed by atoms with Crippen LogP contribution >= 0.6 is 0 Å². The molecule has 1 fully saturated rings. The van der Waals surface area contributed by atoms with E-state index in [1.165, 1.54) is 6.08 Å². The molecular formula is C11H19NO4S. The van der Waals surface area contributed by atoms with Gasteiger partial charge in [-0.1, -0.05) is 6.08 Å². The Balaban J connectivity index is 2.25. The van der Waals surface area contributed by atoms with E-state index >= 15 is 0 Å². The van der Waals surface area contributed by atoms with Crippen LogP contribution in [0.2, 0.25) is 0 Å². The fourth-order valence-corrected chi connectivity index (χ4v) is 3.43. The molecular weight excluding hydrogens is 242 g/mol.